The van der Waals surface area contributed by atoms with E-state index in [-0.39, 0.29) is 5.92 Å². The number of hydrogen-bond donors (Lipinski definition) is 1. The normalized spacial score (nSPS) is 19.1. The number of benzene rings is 1. The minimum absolute atomic E-state index is 0.0331. The van der Waals surface area contributed by atoms with Crippen LogP contribution in [0.25, 0.3) is 0 Å². The summed E-state index contributed by atoms with van der Waals surface area (Å²) in [5.74, 6) is -0.542. The van der Waals surface area contributed by atoms with E-state index >= 15 is 0 Å². The maximum atomic E-state index is 12.3. The fourth-order valence-corrected chi connectivity index (χ4v) is 2.91. The molecule has 1 atom stereocenters. The van der Waals surface area contributed by atoms with Crippen LogP contribution < -0.4 is 0 Å². The highest BCUT2D eigenvalue weighted by Crippen LogP contribution is 2.41. The first-order chi connectivity index (χ1) is 9.09. The van der Waals surface area contributed by atoms with Crippen LogP contribution in [0.5, 0.6) is 0 Å². The molecule has 1 unspecified atom stereocenters. The molecule has 1 aromatic carbocycles. The lowest BCUT2D eigenvalue weighted by atomic mass is 9.80. The molecule has 1 aliphatic carbocycles. The van der Waals surface area contributed by atoms with Crippen molar-refractivity contribution in [1.82, 2.24) is 0 Å². The predicted octanol–water partition coefficient (Wildman–Crippen LogP) is 2.94. The number of esters is 1. The van der Waals surface area contributed by atoms with E-state index in [2.05, 4.69) is 0 Å². The summed E-state index contributed by atoms with van der Waals surface area (Å²) in [7, 11) is 0. The lowest BCUT2D eigenvalue weighted by molar-refractivity contribution is -0.173. The van der Waals surface area contributed by atoms with Gasteiger partial charge in [0.2, 0.25) is 0 Å². The molecule has 0 heterocycles. The fourth-order valence-electron chi connectivity index (χ4n) is 2.91. The lowest BCUT2D eigenvalue weighted by Gasteiger charge is -2.32. The van der Waals surface area contributed by atoms with Crippen LogP contribution in [0.2, 0.25) is 0 Å². The molecule has 0 aromatic heterocycles. The first-order valence-electron chi connectivity index (χ1n) is 7.05. The molecule has 0 radical (unpaired) electrons. The van der Waals surface area contributed by atoms with E-state index in [0.717, 1.165) is 31.2 Å². The number of hydrogen-bond acceptors (Lipinski definition) is 3. The SMILES string of the molecule is CCOC(=O)C(O)(c1ccc(C)cc1)C1CCCC1. The van der Waals surface area contributed by atoms with E-state index in [0.29, 0.717) is 12.2 Å². The van der Waals surface area contributed by atoms with Crippen LogP contribution in [-0.2, 0) is 15.1 Å². The minimum atomic E-state index is -1.49. The van der Waals surface area contributed by atoms with Crippen molar-refractivity contribution in [2.24, 2.45) is 5.92 Å². The van der Waals surface area contributed by atoms with E-state index < -0.39 is 11.6 Å². The molecule has 104 valence electrons. The van der Waals surface area contributed by atoms with Gasteiger partial charge in [0.15, 0.2) is 5.60 Å². The van der Waals surface area contributed by atoms with Gasteiger partial charge in [-0.1, -0.05) is 42.7 Å². The second kappa shape index (κ2) is 5.74. The van der Waals surface area contributed by atoms with E-state index in [9.17, 15) is 9.90 Å². The zero-order chi connectivity index (χ0) is 13.9. The van der Waals surface area contributed by atoms with Crippen molar-refractivity contribution in [2.75, 3.05) is 6.61 Å². The van der Waals surface area contributed by atoms with Gasteiger partial charge in [-0.2, -0.15) is 0 Å². The highest BCUT2D eigenvalue weighted by atomic mass is 16.5. The molecule has 1 N–H and O–H groups in total. The van der Waals surface area contributed by atoms with E-state index in [4.69, 9.17) is 4.74 Å². The first kappa shape index (κ1) is 14.1. The first-order valence-corrected chi connectivity index (χ1v) is 7.05. The van der Waals surface area contributed by atoms with Gasteiger partial charge in [-0.3, -0.25) is 0 Å². The molecule has 1 aliphatic rings. The Kier molecular flexibility index (Phi) is 4.25. The van der Waals surface area contributed by atoms with Crippen LogP contribution in [-0.4, -0.2) is 17.7 Å². The Morgan fingerprint density at radius 2 is 1.89 bits per heavy atom. The molecule has 0 bridgehead atoms. The molecule has 0 aliphatic heterocycles. The molecular weight excluding hydrogens is 240 g/mol. The Bertz CT molecular complexity index is 432. The standard InChI is InChI=1S/C16H22O3/c1-3-19-15(17)16(18,13-6-4-5-7-13)14-10-8-12(2)9-11-14/h8-11,13,18H,3-7H2,1-2H3. The van der Waals surface area contributed by atoms with Crippen molar-refractivity contribution in [3.8, 4) is 0 Å². The molecule has 1 saturated carbocycles. The van der Waals surface area contributed by atoms with Crippen molar-refractivity contribution in [3.05, 3.63) is 35.4 Å². The van der Waals surface area contributed by atoms with Gasteiger partial charge in [0.1, 0.15) is 0 Å². The topological polar surface area (TPSA) is 46.5 Å². The molecule has 0 spiro atoms. The van der Waals surface area contributed by atoms with Crippen LogP contribution in [0.4, 0.5) is 0 Å². The van der Waals surface area contributed by atoms with Crippen molar-refractivity contribution >= 4 is 5.97 Å². The number of ether oxygens (including phenoxy) is 1. The van der Waals surface area contributed by atoms with Crippen molar-refractivity contribution in [1.29, 1.82) is 0 Å². The van der Waals surface area contributed by atoms with Crippen LogP contribution >= 0.6 is 0 Å². The molecule has 19 heavy (non-hydrogen) atoms. The average molecular weight is 262 g/mol. The van der Waals surface area contributed by atoms with Crippen LogP contribution in [0.15, 0.2) is 24.3 Å². The molecular formula is C16H22O3. The molecule has 3 heteroatoms. The summed E-state index contributed by atoms with van der Waals surface area (Å²) in [6, 6.07) is 7.53. The quantitative estimate of drug-likeness (QED) is 0.849. The third kappa shape index (κ3) is 2.66. The van der Waals surface area contributed by atoms with Gasteiger partial charge in [0.25, 0.3) is 0 Å². The Morgan fingerprint density at radius 3 is 2.42 bits per heavy atom. The van der Waals surface area contributed by atoms with Crippen LogP contribution in [0.1, 0.15) is 43.7 Å². The largest absolute Gasteiger partial charge is 0.464 e. The van der Waals surface area contributed by atoms with E-state index in [1.807, 2.05) is 31.2 Å². The second-order valence-corrected chi connectivity index (χ2v) is 5.33. The zero-order valence-electron chi connectivity index (χ0n) is 11.7. The highest BCUT2D eigenvalue weighted by Gasteiger charge is 2.47. The zero-order valence-corrected chi connectivity index (χ0v) is 11.7. The summed E-state index contributed by atoms with van der Waals surface area (Å²) < 4.78 is 5.12. The Balaban J connectivity index is 2.37. The maximum Gasteiger partial charge on any atom is 0.343 e. The van der Waals surface area contributed by atoms with E-state index in [1.165, 1.54) is 0 Å². The number of aryl methyl sites for hydroxylation is 1. The molecule has 3 nitrogen and oxygen atoms in total. The van der Waals surface area contributed by atoms with Crippen molar-refractivity contribution in [2.45, 2.75) is 45.1 Å². The molecule has 0 amide bonds. The third-order valence-electron chi connectivity index (χ3n) is 4.02. The Morgan fingerprint density at radius 1 is 1.32 bits per heavy atom. The fraction of sp³-hybridized carbons (Fsp3) is 0.562. The van der Waals surface area contributed by atoms with Gasteiger partial charge < -0.3 is 9.84 Å². The average Bonchev–Trinajstić information content (AvgIpc) is 2.93. The van der Waals surface area contributed by atoms with Crippen LogP contribution in [0, 0.1) is 12.8 Å². The van der Waals surface area contributed by atoms with Gasteiger partial charge in [0, 0.05) is 5.92 Å². The van der Waals surface area contributed by atoms with Gasteiger partial charge >= 0.3 is 5.97 Å². The van der Waals surface area contributed by atoms with Gasteiger partial charge in [-0.25, -0.2) is 4.79 Å². The summed E-state index contributed by atoms with van der Waals surface area (Å²) in [6.07, 6.45) is 3.89. The molecule has 1 aromatic rings. The number of rotatable bonds is 4. The van der Waals surface area contributed by atoms with Gasteiger partial charge in [-0.05, 0) is 32.3 Å². The Hall–Kier alpha value is -1.35. The summed E-state index contributed by atoms with van der Waals surface area (Å²) in [5, 5.41) is 11.0. The smallest absolute Gasteiger partial charge is 0.343 e. The second-order valence-electron chi connectivity index (χ2n) is 5.33. The van der Waals surface area contributed by atoms with Crippen LogP contribution in [0.3, 0.4) is 0 Å². The Labute approximate surface area is 114 Å². The minimum Gasteiger partial charge on any atom is -0.464 e. The number of carbonyl (C=O) groups excluding carboxylic acids is 1. The molecule has 0 saturated heterocycles. The van der Waals surface area contributed by atoms with Gasteiger partial charge in [0.05, 0.1) is 6.61 Å². The van der Waals surface area contributed by atoms with E-state index in [1.54, 1.807) is 6.92 Å². The van der Waals surface area contributed by atoms with Crippen molar-refractivity contribution in [3.63, 3.8) is 0 Å². The monoisotopic (exact) mass is 262 g/mol. The molecule has 1 fully saturated rings. The maximum absolute atomic E-state index is 12.3. The number of aliphatic hydroxyl groups is 1. The van der Waals surface area contributed by atoms with Crippen molar-refractivity contribution < 1.29 is 14.6 Å². The summed E-state index contributed by atoms with van der Waals surface area (Å²) >= 11 is 0. The summed E-state index contributed by atoms with van der Waals surface area (Å²) in [4.78, 5) is 12.3. The summed E-state index contributed by atoms with van der Waals surface area (Å²) in [5.41, 5.74) is 0.282. The lowest BCUT2D eigenvalue weighted by Crippen LogP contribution is -2.43. The summed E-state index contributed by atoms with van der Waals surface area (Å²) in [6.45, 7) is 4.05. The highest BCUT2D eigenvalue weighted by molar-refractivity contribution is 5.81. The van der Waals surface area contributed by atoms with Gasteiger partial charge in [-0.15, -0.1) is 0 Å². The third-order valence-corrected chi connectivity index (χ3v) is 4.02. The number of carbonyl (C=O) groups is 1. The molecule has 2 rings (SSSR count). The predicted molar refractivity (Wildman–Crippen MR) is 73.7 cm³/mol.